The molecule has 1 amide bonds. The Bertz CT molecular complexity index is 705. The number of benzene rings is 1. The van der Waals surface area contributed by atoms with E-state index in [4.69, 9.17) is 4.52 Å². The van der Waals surface area contributed by atoms with Gasteiger partial charge in [-0.3, -0.25) is 4.79 Å². The van der Waals surface area contributed by atoms with Crippen LogP contribution in [0.4, 0.5) is 0 Å². The fourth-order valence-corrected chi connectivity index (χ4v) is 1.89. The summed E-state index contributed by atoms with van der Waals surface area (Å²) >= 11 is 0. The van der Waals surface area contributed by atoms with Gasteiger partial charge in [0.25, 0.3) is 5.91 Å². The van der Waals surface area contributed by atoms with Crippen LogP contribution in [0.5, 0.6) is 0 Å². The lowest BCUT2D eigenvalue weighted by molar-refractivity contribution is 0.0913. The van der Waals surface area contributed by atoms with Crippen LogP contribution in [0.25, 0.3) is 0 Å². The van der Waals surface area contributed by atoms with Gasteiger partial charge in [0, 0.05) is 18.6 Å². The van der Waals surface area contributed by atoms with E-state index in [-0.39, 0.29) is 18.2 Å². The topological polar surface area (TPSA) is 81.2 Å². The van der Waals surface area contributed by atoms with E-state index in [0.29, 0.717) is 17.8 Å². The van der Waals surface area contributed by atoms with E-state index in [1.165, 1.54) is 6.26 Å². The van der Waals surface area contributed by atoms with Crippen molar-refractivity contribution in [2.24, 2.45) is 0 Å². The lowest BCUT2D eigenvalue weighted by Gasteiger charge is -1.97. The first kappa shape index (κ1) is 13.1. The van der Waals surface area contributed by atoms with Crippen LogP contribution >= 0.6 is 0 Å². The predicted octanol–water partition coefficient (Wildman–Crippen LogP) is 2.18. The maximum absolute atomic E-state index is 11.9. The molecule has 0 radical (unpaired) electrons. The number of aromatic nitrogens is 2. The largest absolute Gasteiger partial charge is 0.364 e. The van der Waals surface area contributed by atoms with Crippen LogP contribution in [0, 0.1) is 0 Å². The van der Waals surface area contributed by atoms with Gasteiger partial charge in [-0.1, -0.05) is 40.6 Å². The van der Waals surface area contributed by atoms with Gasteiger partial charge in [-0.2, -0.15) is 0 Å². The van der Waals surface area contributed by atoms with E-state index in [1.807, 2.05) is 30.3 Å². The molecule has 0 fully saturated rings. The van der Waals surface area contributed by atoms with Crippen LogP contribution < -0.4 is 5.32 Å². The number of nitrogens with one attached hydrogen (secondary N) is 1. The number of nitrogens with zero attached hydrogens (tertiary/aromatic N) is 2. The normalized spacial score (nSPS) is 10.5. The molecule has 0 aliphatic carbocycles. The first-order valence-electron chi connectivity index (χ1n) is 6.48. The summed E-state index contributed by atoms with van der Waals surface area (Å²) in [5.41, 5.74) is 2.47. The van der Waals surface area contributed by atoms with Gasteiger partial charge in [0.1, 0.15) is 12.0 Å². The molecular formula is C15H13N3O3. The third-order valence-electron chi connectivity index (χ3n) is 2.93. The maximum atomic E-state index is 11.9. The molecule has 6 nitrogen and oxygen atoms in total. The number of carbonyl (C=O) groups is 1. The molecule has 0 saturated heterocycles. The van der Waals surface area contributed by atoms with Crippen molar-refractivity contribution in [3.05, 3.63) is 71.4 Å². The van der Waals surface area contributed by atoms with Crippen molar-refractivity contribution in [2.75, 3.05) is 0 Å². The van der Waals surface area contributed by atoms with Crippen LogP contribution in [0.2, 0.25) is 0 Å². The molecule has 0 atom stereocenters. The Hall–Kier alpha value is -2.89. The van der Waals surface area contributed by atoms with E-state index in [2.05, 4.69) is 20.2 Å². The van der Waals surface area contributed by atoms with Gasteiger partial charge in [-0.25, -0.2) is 0 Å². The van der Waals surface area contributed by atoms with Gasteiger partial charge >= 0.3 is 0 Å². The zero-order chi connectivity index (χ0) is 14.5. The summed E-state index contributed by atoms with van der Waals surface area (Å²) in [6.07, 6.45) is 2.08. The second-order valence-electron chi connectivity index (χ2n) is 4.52. The zero-order valence-corrected chi connectivity index (χ0v) is 11.2. The highest BCUT2D eigenvalue weighted by Crippen LogP contribution is 2.10. The lowest BCUT2D eigenvalue weighted by atomic mass is 10.1. The summed E-state index contributed by atoms with van der Waals surface area (Å²) in [5, 5.41) is 10.3. The second-order valence-corrected chi connectivity index (χ2v) is 4.52. The molecule has 2 aromatic heterocycles. The lowest BCUT2D eigenvalue weighted by Crippen LogP contribution is -2.22. The fourth-order valence-electron chi connectivity index (χ4n) is 1.89. The van der Waals surface area contributed by atoms with Crippen molar-refractivity contribution in [3.8, 4) is 0 Å². The minimum atomic E-state index is -0.329. The molecule has 21 heavy (non-hydrogen) atoms. The fraction of sp³-hybridized carbons (Fsp3) is 0.133. The zero-order valence-electron chi connectivity index (χ0n) is 11.2. The molecule has 0 bridgehead atoms. The first-order valence-corrected chi connectivity index (χ1v) is 6.48. The average molecular weight is 283 g/mol. The highest BCUT2D eigenvalue weighted by molar-refractivity contribution is 5.91. The van der Waals surface area contributed by atoms with Crippen molar-refractivity contribution in [3.63, 3.8) is 0 Å². The monoisotopic (exact) mass is 283 g/mol. The Balaban J connectivity index is 1.60. The van der Waals surface area contributed by atoms with Crippen molar-refractivity contribution in [1.29, 1.82) is 0 Å². The summed E-state index contributed by atoms with van der Waals surface area (Å²) in [6, 6.07) is 13.2. The predicted molar refractivity (Wildman–Crippen MR) is 73.4 cm³/mol. The molecule has 0 saturated carbocycles. The highest BCUT2D eigenvalue weighted by atomic mass is 16.5. The minimum absolute atomic E-state index is 0.185. The van der Waals surface area contributed by atoms with E-state index in [0.717, 1.165) is 5.56 Å². The Morgan fingerprint density at radius 1 is 1.10 bits per heavy atom. The van der Waals surface area contributed by atoms with Gasteiger partial charge in [0.15, 0.2) is 0 Å². The molecule has 0 aliphatic heterocycles. The Morgan fingerprint density at radius 3 is 2.71 bits per heavy atom. The Morgan fingerprint density at radius 2 is 1.95 bits per heavy atom. The van der Waals surface area contributed by atoms with Crippen LogP contribution in [0.1, 0.15) is 27.5 Å². The van der Waals surface area contributed by atoms with Gasteiger partial charge in [0.2, 0.25) is 5.76 Å². The van der Waals surface area contributed by atoms with Crippen LogP contribution in [0.3, 0.4) is 0 Å². The third kappa shape index (κ3) is 3.36. The van der Waals surface area contributed by atoms with Crippen LogP contribution in [-0.2, 0) is 13.0 Å². The SMILES string of the molecule is O=C(NCc1ccon1)c1cc(Cc2ccccc2)no1. The molecule has 3 rings (SSSR count). The summed E-state index contributed by atoms with van der Waals surface area (Å²) in [7, 11) is 0. The van der Waals surface area contributed by atoms with E-state index >= 15 is 0 Å². The highest BCUT2D eigenvalue weighted by Gasteiger charge is 2.13. The quantitative estimate of drug-likeness (QED) is 0.776. The minimum Gasteiger partial charge on any atom is -0.364 e. The smallest absolute Gasteiger partial charge is 0.290 e. The molecule has 6 heteroatoms. The Labute approximate surface area is 120 Å². The standard InChI is InChI=1S/C15H13N3O3/c19-15(16-10-12-6-7-20-17-12)14-9-13(18-21-14)8-11-4-2-1-3-5-11/h1-7,9H,8,10H2,(H,16,19). The van der Waals surface area contributed by atoms with Gasteiger partial charge < -0.3 is 14.4 Å². The molecule has 106 valence electrons. The van der Waals surface area contributed by atoms with Crippen LogP contribution in [0.15, 0.2) is 57.8 Å². The third-order valence-corrected chi connectivity index (χ3v) is 2.93. The van der Waals surface area contributed by atoms with Gasteiger partial charge in [-0.15, -0.1) is 0 Å². The number of carbonyl (C=O) groups excluding carboxylic acids is 1. The van der Waals surface area contributed by atoms with Crippen molar-refractivity contribution < 1.29 is 13.8 Å². The summed E-state index contributed by atoms with van der Waals surface area (Å²) in [5.74, 6) is -0.144. The second kappa shape index (κ2) is 6.04. The maximum Gasteiger partial charge on any atom is 0.290 e. The summed E-state index contributed by atoms with van der Waals surface area (Å²) < 4.78 is 9.75. The van der Waals surface area contributed by atoms with E-state index in [9.17, 15) is 4.79 Å². The van der Waals surface area contributed by atoms with E-state index < -0.39 is 0 Å². The average Bonchev–Trinajstić information content (AvgIpc) is 3.17. The molecule has 3 aromatic rings. The number of hydrogen-bond acceptors (Lipinski definition) is 5. The molecule has 0 aliphatic rings. The number of hydrogen-bond donors (Lipinski definition) is 1. The summed E-state index contributed by atoms with van der Waals surface area (Å²) in [6.45, 7) is 0.282. The molecule has 0 spiro atoms. The molecule has 0 unspecified atom stereocenters. The summed E-state index contributed by atoms with van der Waals surface area (Å²) in [4.78, 5) is 11.9. The van der Waals surface area contributed by atoms with E-state index in [1.54, 1.807) is 12.1 Å². The number of rotatable bonds is 5. The van der Waals surface area contributed by atoms with Gasteiger partial charge in [-0.05, 0) is 5.56 Å². The van der Waals surface area contributed by atoms with Gasteiger partial charge in [0.05, 0.1) is 12.2 Å². The van der Waals surface area contributed by atoms with Crippen molar-refractivity contribution in [2.45, 2.75) is 13.0 Å². The Kier molecular flexibility index (Phi) is 3.77. The van der Waals surface area contributed by atoms with Crippen molar-refractivity contribution in [1.82, 2.24) is 15.6 Å². The van der Waals surface area contributed by atoms with Crippen LogP contribution in [-0.4, -0.2) is 16.2 Å². The molecular weight excluding hydrogens is 270 g/mol. The van der Waals surface area contributed by atoms with Crippen molar-refractivity contribution >= 4 is 5.91 Å². The first-order chi connectivity index (χ1) is 10.3. The molecule has 1 N–H and O–H groups in total. The molecule has 1 aromatic carbocycles. The molecule has 2 heterocycles. The number of amides is 1.